The third-order valence-corrected chi connectivity index (χ3v) is 7.09. The van der Waals surface area contributed by atoms with E-state index < -0.39 is 28.5 Å². The minimum Gasteiger partial charge on any atom is -0.357 e. The molecule has 7 nitrogen and oxygen atoms in total. The summed E-state index contributed by atoms with van der Waals surface area (Å²) in [5.41, 5.74) is 0.964. The van der Waals surface area contributed by atoms with Crippen molar-refractivity contribution in [3.63, 3.8) is 0 Å². The molecule has 0 unspecified atom stereocenters. The number of amides is 2. The minimum atomic E-state index is -3.79. The molecule has 0 saturated heterocycles. The Balaban J connectivity index is 2.41. The number of benzene rings is 2. The third kappa shape index (κ3) is 6.58. The zero-order chi connectivity index (χ0) is 23.3. The molecule has 0 bridgehead atoms. The molecule has 2 aromatic rings. The van der Waals surface area contributed by atoms with Crippen molar-refractivity contribution >= 4 is 66.7 Å². The fraction of sp³-hybridized carbons (Fsp3) is 0.300. The van der Waals surface area contributed by atoms with Gasteiger partial charge in [0.05, 0.1) is 22.0 Å². The molecule has 11 heteroatoms. The largest absolute Gasteiger partial charge is 0.357 e. The number of rotatable bonds is 8. The average molecular weight is 551 g/mol. The van der Waals surface area contributed by atoms with E-state index in [4.69, 9.17) is 23.2 Å². The molecule has 0 aromatic heterocycles. The predicted octanol–water partition coefficient (Wildman–Crippen LogP) is 3.69. The number of likely N-dealkylation sites (N-methyl/N-ethyl adjacent to an activating group) is 1. The highest BCUT2D eigenvalue weighted by atomic mass is 79.9. The van der Waals surface area contributed by atoms with E-state index in [1.165, 1.54) is 11.9 Å². The van der Waals surface area contributed by atoms with Crippen LogP contribution in [-0.4, -0.2) is 51.0 Å². The molecular formula is C20H22BrCl2N3O4S. The van der Waals surface area contributed by atoms with E-state index >= 15 is 0 Å². The maximum absolute atomic E-state index is 13.3. The lowest BCUT2D eigenvalue weighted by molar-refractivity contribution is -0.139. The number of hydrogen-bond donors (Lipinski definition) is 1. The van der Waals surface area contributed by atoms with Crippen LogP contribution in [0.5, 0.6) is 0 Å². The van der Waals surface area contributed by atoms with Crippen LogP contribution >= 0.6 is 39.1 Å². The number of halogens is 3. The van der Waals surface area contributed by atoms with Crippen molar-refractivity contribution in [2.24, 2.45) is 0 Å². The molecule has 168 valence electrons. The molecule has 1 atom stereocenters. The van der Waals surface area contributed by atoms with Gasteiger partial charge in [0.15, 0.2) is 0 Å². The normalized spacial score (nSPS) is 12.2. The molecule has 0 aliphatic rings. The smallest absolute Gasteiger partial charge is 0.244 e. The van der Waals surface area contributed by atoms with Crippen molar-refractivity contribution in [3.8, 4) is 0 Å². The van der Waals surface area contributed by atoms with Gasteiger partial charge in [-0.05, 0) is 52.7 Å². The first-order valence-corrected chi connectivity index (χ1v) is 12.5. The van der Waals surface area contributed by atoms with Gasteiger partial charge in [-0.2, -0.15) is 0 Å². The van der Waals surface area contributed by atoms with E-state index in [2.05, 4.69) is 21.2 Å². The topological polar surface area (TPSA) is 86.8 Å². The Morgan fingerprint density at radius 2 is 1.77 bits per heavy atom. The number of hydrogen-bond acceptors (Lipinski definition) is 4. The van der Waals surface area contributed by atoms with Crippen LogP contribution in [0.3, 0.4) is 0 Å². The van der Waals surface area contributed by atoms with Gasteiger partial charge in [0, 0.05) is 18.1 Å². The van der Waals surface area contributed by atoms with E-state index in [0.29, 0.717) is 25.8 Å². The first kappa shape index (κ1) is 25.5. The SMILES string of the molecule is CNC(=O)[C@@H](C)N(Cc1ccc(Cl)c(Cl)c1)C(=O)CN(c1ccccc1Br)S(C)(=O)=O. The second-order valence-electron chi connectivity index (χ2n) is 6.78. The molecule has 0 spiro atoms. The molecule has 0 fully saturated rings. The van der Waals surface area contributed by atoms with Crippen LogP contribution in [0.2, 0.25) is 10.0 Å². The first-order valence-electron chi connectivity index (χ1n) is 9.13. The van der Waals surface area contributed by atoms with Gasteiger partial charge in [0.25, 0.3) is 0 Å². The number of carbonyl (C=O) groups excluding carboxylic acids is 2. The summed E-state index contributed by atoms with van der Waals surface area (Å²) in [7, 11) is -2.33. The molecule has 0 aliphatic heterocycles. The van der Waals surface area contributed by atoms with Gasteiger partial charge < -0.3 is 10.2 Å². The van der Waals surface area contributed by atoms with Crippen molar-refractivity contribution in [1.29, 1.82) is 0 Å². The summed E-state index contributed by atoms with van der Waals surface area (Å²) in [5, 5.41) is 3.18. The Bertz CT molecular complexity index is 1080. The van der Waals surface area contributed by atoms with Crippen LogP contribution in [0, 0.1) is 0 Å². The molecule has 2 amide bonds. The first-order chi connectivity index (χ1) is 14.5. The molecular weight excluding hydrogens is 529 g/mol. The zero-order valence-corrected chi connectivity index (χ0v) is 21.0. The Kier molecular flexibility index (Phi) is 8.76. The van der Waals surface area contributed by atoms with Gasteiger partial charge in [0.2, 0.25) is 21.8 Å². The van der Waals surface area contributed by atoms with Gasteiger partial charge in [-0.15, -0.1) is 0 Å². The molecule has 0 radical (unpaired) electrons. The zero-order valence-electron chi connectivity index (χ0n) is 17.1. The Morgan fingerprint density at radius 1 is 1.13 bits per heavy atom. The Hall–Kier alpha value is -1.81. The summed E-state index contributed by atoms with van der Waals surface area (Å²) in [4.78, 5) is 26.9. The summed E-state index contributed by atoms with van der Waals surface area (Å²) in [6, 6.07) is 10.7. The Labute approximate surface area is 200 Å². The standard InChI is InChI=1S/C20H22BrCl2N3O4S/c1-13(20(28)24-2)25(11-14-8-9-16(22)17(23)10-14)19(27)12-26(31(3,29)30)18-7-5-4-6-15(18)21/h4-10,13H,11-12H2,1-3H3,(H,24,28)/t13-/m1/s1. The summed E-state index contributed by atoms with van der Waals surface area (Å²) < 4.78 is 26.4. The van der Waals surface area contributed by atoms with Crippen molar-refractivity contribution in [2.75, 3.05) is 24.2 Å². The lowest BCUT2D eigenvalue weighted by Crippen LogP contribution is -2.50. The fourth-order valence-corrected chi connectivity index (χ4v) is 4.67. The lowest BCUT2D eigenvalue weighted by Gasteiger charge is -2.31. The van der Waals surface area contributed by atoms with Gasteiger partial charge in [-0.1, -0.05) is 41.4 Å². The number of nitrogens with one attached hydrogen (secondary N) is 1. The molecule has 2 rings (SSSR count). The van der Waals surface area contributed by atoms with Gasteiger partial charge in [-0.3, -0.25) is 13.9 Å². The highest BCUT2D eigenvalue weighted by Gasteiger charge is 2.30. The van der Waals surface area contributed by atoms with E-state index in [1.54, 1.807) is 49.4 Å². The molecule has 31 heavy (non-hydrogen) atoms. The predicted molar refractivity (Wildman–Crippen MR) is 127 cm³/mol. The van der Waals surface area contributed by atoms with E-state index in [0.717, 1.165) is 10.6 Å². The second kappa shape index (κ2) is 10.7. The van der Waals surface area contributed by atoms with Crippen molar-refractivity contribution in [2.45, 2.75) is 19.5 Å². The molecule has 0 heterocycles. The highest BCUT2D eigenvalue weighted by Crippen LogP contribution is 2.28. The molecule has 0 saturated carbocycles. The minimum absolute atomic E-state index is 0.0396. The van der Waals surface area contributed by atoms with Crippen molar-refractivity contribution in [3.05, 3.63) is 62.5 Å². The number of para-hydroxylation sites is 1. The summed E-state index contributed by atoms with van der Waals surface area (Å²) >= 11 is 15.4. The lowest BCUT2D eigenvalue weighted by atomic mass is 10.1. The maximum Gasteiger partial charge on any atom is 0.244 e. The second-order valence-corrected chi connectivity index (χ2v) is 10.4. The van der Waals surface area contributed by atoms with Crippen LogP contribution in [0.4, 0.5) is 5.69 Å². The number of nitrogens with zero attached hydrogens (tertiary/aromatic N) is 2. The van der Waals surface area contributed by atoms with E-state index in [1.807, 2.05) is 0 Å². The maximum atomic E-state index is 13.3. The van der Waals surface area contributed by atoms with Crippen LogP contribution in [0.1, 0.15) is 12.5 Å². The van der Waals surface area contributed by atoms with Crippen molar-refractivity contribution < 1.29 is 18.0 Å². The number of anilines is 1. The number of sulfonamides is 1. The average Bonchev–Trinajstić information content (AvgIpc) is 2.71. The van der Waals surface area contributed by atoms with Crippen LogP contribution in [0.25, 0.3) is 0 Å². The van der Waals surface area contributed by atoms with Crippen molar-refractivity contribution in [1.82, 2.24) is 10.2 Å². The van der Waals surface area contributed by atoms with E-state index in [-0.39, 0.29) is 12.5 Å². The summed E-state index contributed by atoms with van der Waals surface area (Å²) in [6.45, 7) is 1.12. The molecule has 1 N–H and O–H groups in total. The van der Waals surface area contributed by atoms with E-state index in [9.17, 15) is 18.0 Å². The van der Waals surface area contributed by atoms with Crippen LogP contribution < -0.4 is 9.62 Å². The number of carbonyl (C=O) groups is 2. The van der Waals surface area contributed by atoms with Crippen LogP contribution in [0.15, 0.2) is 46.9 Å². The van der Waals surface area contributed by atoms with Gasteiger partial charge in [0.1, 0.15) is 12.6 Å². The molecule has 2 aromatic carbocycles. The molecule has 0 aliphatic carbocycles. The Morgan fingerprint density at radius 3 is 2.32 bits per heavy atom. The third-order valence-electron chi connectivity index (χ3n) is 4.55. The van der Waals surface area contributed by atoms with Gasteiger partial charge in [-0.25, -0.2) is 8.42 Å². The summed E-state index contributed by atoms with van der Waals surface area (Å²) in [6.07, 6.45) is 1.02. The quantitative estimate of drug-likeness (QED) is 0.543. The van der Waals surface area contributed by atoms with Gasteiger partial charge >= 0.3 is 0 Å². The highest BCUT2D eigenvalue weighted by molar-refractivity contribution is 9.10. The van der Waals surface area contributed by atoms with Crippen LogP contribution in [-0.2, 0) is 26.2 Å². The monoisotopic (exact) mass is 549 g/mol. The summed E-state index contributed by atoms with van der Waals surface area (Å²) in [5.74, 6) is -0.941. The fourth-order valence-electron chi connectivity index (χ4n) is 2.87.